The molecule has 0 aliphatic carbocycles. The zero-order chi connectivity index (χ0) is 13.7. The SMILES string of the molecule is CC1(C)N(O)C(C2CCC(Br)CN2)=[N+](O)C1(C)C. The van der Waals surface area contributed by atoms with E-state index in [4.69, 9.17) is 0 Å². The van der Waals surface area contributed by atoms with Crippen LogP contribution in [0, 0.1) is 0 Å². The molecular weight excluding hydrogens is 298 g/mol. The van der Waals surface area contributed by atoms with Gasteiger partial charge in [-0.25, -0.2) is 5.21 Å². The summed E-state index contributed by atoms with van der Waals surface area (Å²) in [5.41, 5.74) is -1.08. The lowest BCUT2D eigenvalue weighted by molar-refractivity contribution is -0.821. The summed E-state index contributed by atoms with van der Waals surface area (Å²) in [5.74, 6) is 0.560. The van der Waals surface area contributed by atoms with Crippen LogP contribution in [0.25, 0.3) is 0 Å². The molecule has 0 aromatic rings. The molecular formula is C12H23BrN3O2+. The average molecular weight is 321 g/mol. The van der Waals surface area contributed by atoms with Crippen LogP contribution in [0.5, 0.6) is 0 Å². The molecule has 1 fully saturated rings. The molecule has 0 aromatic carbocycles. The van der Waals surface area contributed by atoms with Crippen LogP contribution in [0.3, 0.4) is 0 Å². The lowest BCUT2D eigenvalue weighted by Gasteiger charge is -2.30. The molecule has 0 bridgehead atoms. The van der Waals surface area contributed by atoms with Gasteiger partial charge in [0.15, 0.2) is 11.1 Å². The third kappa shape index (κ3) is 1.85. The zero-order valence-corrected chi connectivity index (χ0v) is 13.0. The first-order valence-electron chi connectivity index (χ1n) is 6.42. The Kier molecular flexibility index (Phi) is 3.41. The summed E-state index contributed by atoms with van der Waals surface area (Å²) in [6.07, 6.45) is 1.93. The highest BCUT2D eigenvalue weighted by atomic mass is 79.9. The summed E-state index contributed by atoms with van der Waals surface area (Å²) in [6, 6.07) is -0.00477. The molecule has 0 radical (unpaired) electrons. The highest BCUT2D eigenvalue weighted by molar-refractivity contribution is 9.09. The van der Waals surface area contributed by atoms with Gasteiger partial charge in [-0.3, -0.25) is 0 Å². The molecule has 5 nitrogen and oxygen atoms in total. The van der Waals surface area contributed by atoms with Gasteiger partial charge in [0.25, 0.3) is 0 Å². The lowest BCUT2D eigenvalue weighted by atomic mass is 9.84. The van der Waals surface area contributed by atoms with E-state index in [1.807, 2.05) is 27.7 Å². The van der Waals surface area contributed by atoms with E-state index < -0.39 is 11.1 Å². The summed E-state index contributed by atoms with van der Waals surface area (Å²) in [4.78, 5) is 0.469. The second kappa shape index (κ2) is 4.35. The standard InChI is InChI=1S/C12H23BrN3O2/c1-11(2)12(3,4)16(18)10(15(11)17)9-6-5-8(13)7-14-9/h8-9,14,17-18H,5-7H2,1-4H3/q+1. The van der Waals surface area contributed by atoms with Crippen molar-refractivity contribution in [2.24, 2.45) is 0 Å². The molecule has 18 heavy (non-hydrogen) atoms. The van der Waals surface area contributed by atoms with Gasteiger partial charge in [-0.1, -0.05) is 20.7 Å². The fourth-order valence-corrected chi connectivity index (χ4v) is 2.97. The van der Waals surface area contributed by atoms with Crippen LogP contribution in [-0.2, 0) is 0 Å². The minimum atomic E-state index is -0.538. The monoisotopic (exact) mass is 320 g/mol. The van der Waals surface area contributed by atoms with E-state index >= 15 is 0 Å². The Morgan fingerprint density at radius 3 is 2.33 bits per heavy atom. The van der Waals surface area contributed by atoms with Gasteiger partial charge in [-0.05, 0) is 40.5 Å². The molecule has 104 valence electrons. The van der Waals surface area contributed by atoms with Gasteiger partial charge in [0, 0.05) is 11.4 Å². The maximum Gasteiger partial charge on any atom is 0.334 e. The van der Waals surface area contributed by atoms with Crippen LogP contribution < -0.4 is 5.32 Å². The fourth-order valence-electron chi connectivity index (χ4n) is 2.52. The normalized spacial score (nSPS) is 35.1. The van der Waals surface area contributed by atoms with Crippen LogP contribution in [0.4, 0.5) is 0 Å². The maximum atomic E-state index is 10.4. The first-order valence-corrected chi connectivity index (χ1v) is 7.33. The van der Waals surface area contributed by atoms with Crippen molar-refractivity contribution in [3.63, 3.8) is 0 Å². The zero-order valence-electron chi connectivity index (χ0n) is 11.4. The van der Waals surface area contributed by atoms with E-state index in [1.54, 1.807) is 0 Å². The summed E-state index contributed by atoms with van der Waals surface area (Å²) < 4.78 is 1.22. The molecule has 2 aliphatic heterocycles. The van der Waals surface area contributed by atoms with Crippen molar-refractivity contribution in [3.8, 4) is 0 Å². The molecule has 0 saturated carbocycles. The minimum absolute atomic E-state index is 0.00477. The number of halogens is 1. The second-order valence-electron chi connectivity index (χ2n) is 6.24. The Hall–Kier alpha value is -0.330. The predicted octanol–water partition coefficient (Wildman–Crippen LogP) is 1.56. The highest BCUT2D eigenvalue weighted by Gasteiger charge is 2.63. The van der Waals surface area contributed by atoms with Crippen molar-refractivity contribution >= 4 is 21.8 Å². The van der Waals surface area contributed by atoms with Crippen molar-refractivity contribution in [3.05, 3.63) is 0 Å². The smallest absolute Gasteiger partial charge is 0.334 e. The molecule has 2 rings (SSSR count). The first-order chi connectivity index (χ1) is 8.19. The molecule has 0 aromatic heterocycles. The van der Waals surface area contributed by atoms with Crippen molar-refractivity contribution in [2.75, 3.05) is 6.54 Å². The van der Waals surface area contributed by atoms with E-state index in [0.29, 0.717) is 10.7 Å². The fraction of sp³-hybridized carbons (Fsp3) is 0.917. The number of hydrogen-bond acceptors (Lipinski definition) is 4. The van der Waals surface area contributed by atoms with Crippen LogP contribution in [0.1, 0.15) is 40.5 Å². The quantitative estimate of drug-likeness (QED) is 0.390. The third-order valence-corrected chi connectivity index (χ3v) is 5.44. The van der Waals surface area contributed by atoms with Crippen LogP contribution in [-0.4, -0.2) is 54.5 Å². The summed E-state index contributed by atoms with van der Waals surface area (Å²) >= 11 is 3.58. The average Bonchev–Trinajstić information content (AvgIpc) is 2.41. The van der Waals surface area contributed by atoms with Crippen LogP contribution in [0.15, 0.2) is 0 Å². The number of piperidine rings is 1. The number of rotatable bonds is 1. The Labute approximate surface area is 117 Å². The van der Waals surface area contributed by atoms with E-state index in [1.165, 1.54) is 9.80 Å². The molecule has 0 spiro atoms. The van der Waals surface area contributed by atoms with Gasteiger partial charge < -0.3 is 10.5 Å². The van der Waals surface area contributed by atoms with Gasteiger partial charge in [-0.15, -0.1) is 5.06 Å². The molecule has 0 amide bonds. The maximum absolute atomic E-state index is 10.4. The predicted molar refractivity (Wildman–Crippen MR) is 72.6 cm³/mol. The number of nitrogens with zero attached hydrogens (tertiary/aromatic N) is 2. The summed E-state index contributed by atoms with van der Waals surface area (Å²) in [6.45, 7) is 8.56. The van der Waals surface area contributed by atoms with E-state index in [-0.39, 0.29) is 6.04 Å². The lowest BCUT2D eigenvalue weighted by Crippen LogP contribution is -2.56. The van der Waals surface area contributed by atoms with E-state index in [9.17, 15) is 10.4 Å². The van der Waals surface area contributed by atoms with E-state index in [2.05, 4.69) is 21.2 Å². The minimum Gasteiger partial charge on any atom is -0.354 e. The van der Waals surface area contributed by atoms with Gasteiger partial charge in [0.05, 0.1) is 0 Å². The molecule has 2 heterocycles. The molecule has 2 atom stereocenters. The van der Waals surface area contributed by atoms with Gasteiger partial charge >= 0.3 is 5.84 Å². The largest absolute Gasteiger partial charge is 0.354 e. The van der Waals surface area contributed by atoms with Crippen molar-refractivity contribution in [1.29, 1.82) is 0 Å². The van der Waals surface area contributed by atoms with Crippen molar-refractivity contribution in [1.82, 2.24) is 10.4 Å². The van der Waals surface area contributed by atoms with Gasteiger partial charge in [0.2, 0.25) is 0 Å². The Balaban J connectivity index is 2.30. The number of amidine groups is 1. The number of nitrogens with one attached hydrogen (secondary N) is 1. The topological polar surface area (TPSA) is 58.7 Å². The third-order valence-electron chi connectivity index (χ3n) is 4.66. The highest BCUT2D eigenvalue weighted by Crippen LogP contribution is 2.36. The molecule has 2 unspecified atom stereocenters. The summed E-state index contributed by atoms with van der Waals surface area (Å²) in [5, 5.41) is 25.3. The van der Waals surface area contributed by atoms with Gasteiger partial charge in [0.1, 0.15) is 6.04 Å². The molecule has 6 heteroatoms. The summed E-state index contributed by atoms with van der Waals surface area (Å²) in [7, 11) is 0. The molecule has 1 saturated heterocycles. The number of alkyl halides is 1. The van der Waals surface area contributed by atoms with E-state index in [0.717, 1.165) is 19.4 Å². The first kappa shape index (κ1) is 14.1. The number of hydrogen-bond donors (Lipinski definition) is 3. The van der Waals surface area contributed by atoms with Gasteiger partial charge in [-0.2, -0.15) is 0 Å². The Bertz CT molecular complexity index is 374. The molecule has 2 aliphatic rings. The van der Waals surface area contributed by atoms with Crippen LogP contribution in [0.2, 0.25) is 0 Å². The Morgan fingerprint density at radius 2 is 1.94 bits per heavy atom. The van der Waals surface area contributed by atoms with Crippen molar-refractivity contribution in [2.45, 2.75) is 62.5 Å². The number of hydroxylamine groups is 3. The second-order valence-corrected chi connectivity index (χ2v) is 7.53. The van der Waals surface area contributed by atoms with Crippen LogP contribution >= 0.6 is 15.9 Å². The van der Waals surface area contributed by atoms with Crippen molar-refractivity contribution < 1.29 is 15.2 Å². The molecule has 3 N–H and O–H groups in total. The Morgan fingerprint density at radius 1 is 1.33 bits per heavy atom.